The van der Waals surface area contributed by atoms with Crippen LogP contribution in [-0.4, -0.2) is 59.5 Å². The number of imide groups is 1. The van der Waals surface area contributed by atoms with E-state index in [9.17, 15) is 9.59 Å². The Labute approximate surface area is 156 Å². The van der Waals surface area contributed by atoms with Crippen LogP contribution >= 0.6 is 11.9 Å². The summed E-state index contributed by atoms with van der Waals surface area (Å²) < 4.78 is 1.10. The van der Waals surface area contributed by atoms with E-state index in [1.165, 1.54) is 0 Å². The molecule has 0 aliphatic carbocycles. The second kappa shape index (κ2) is 8.33. The summed E-state index contributed by atoms with van der Waals surface area (Å²) >= 11 is 1.04. The standard InChI is InChI=1S/C17H22N6O2S/c1-3-13-15(18-2)26-23(16(13)24)17(25)21-11-12-4-5-14(20-10-12)22-8-6-19-7-9-22/h3-5,10,19H,6-9,11H2,1-2H3,(H,21,25)/b13-3+,18-15?. The molecule has 0 bridgehead atoms. The van der Waals surface area contributed by atoms with Crippen LogP contribution in [0.3, 0.4) is 0 Å². The molecule has 9 heteroatoms. The number of aliphatic imine (C=N–C) groups is 1. The third kappa shape index (κ3) is 3.88. The van der Waals surface area contributed by atoms with Crippen molar-refractivity contribution in [3.63, 3.8) is 0 Å². The Balaban J connectivity index is 1.57. The lowest BCUT2D eigenvalue weighted by Gasteiger charge is -2.28. The molecule has 2 N–H and O–H groups in total. The Bertz CT molecular complexity index is 740. The van der Waals surface area contributed by atoms with Gasteiger partial charge < -0.3 is 15.5 Å². The van der Waals surface area contributed by atoms with E-state index in [0.717, 1.165) is 53.8 Å². The van der Waals surface area contributed by atoms with Crippen LogP contribution in [0.15, 0.2) is 35.0 Å². The molecule has 138 valence electrons. The zero-order valence-electron chi connectivity index (χ0n) is 14.9. The molecule has 0 radical (unpaired) electrons. The van der Waals surface area contributed by atoms with Crippen LogP contribution in [0.5, 0.6) is 0 Å². The average molecular weight is 374 g/mol. The fraction of sp³-hybridized carbons (Fsp3) is 0.412. The number of carbonyl (C=O) groups excluding carboxylic acids is 2. The first-order chi connectivity index (χ1) is 12.6. The molecule has 1 aromatic rings. The van der Waals surface area contributed by atoms with Gasteiger partial charge in [-0.05, 0) is 18.6 Å². The monoisotopic (exact) mass is 374 g/mol. The lowest BCUT2D eigenvalue weighted by molar-refractivity contribution is -0.119. The summed E-state index contributed by atoms with van der Waals surface area (Å²) in [6.45, 7) is 5.85. The molecule has 0 saturated carbocycles. The Hall–Kier alpha value is -2.39. The molecule has 3 heterocycles. The zero-order valence-corrected chi connectivity index (χ0v) is 15.7. The van der Waals surface area contributed by atoms with Gasteiger partial charge in [-0.1, -0.05) is 12.1 Å². The topological polar surface area (TPSA) is 89.9 Å². The van der Waals surface area contributed by atoms with E-state index < -0.39 is 6.03 Å². The number of hydrogen-bond acceptors (Lipinski definition) is 7. The first kappa shape index (κ1) is 18.4. The quantitative estimate of drug-likeness (QED) is 0.610. The molecule has 3 rings (SSSR count). The van der Waals surface area contributed by atoms with Gasteiger partial charge in [-0.15, -0.1) is 0 Å². The molecule has 2 fully saturated rings. The second-order valence-corrected chi connectivity index (χ2v) is 6.78. The number of allylic oxidation sites excluding steroid dienone is 1. The number of amides is 3. The number of anilines is 1. The predicted octanol–water partition coefficient (Wildman–Crippen LogP) is 1.17. The van der Waals surface area contributed by atoms with Crippen molar-refractivity contribution < 1.29 is 9.59 Å². The van der Waals surface area contributed by atoms with E-state index in [4.69, 9.17) is 0 Å². The van der Waals surface area contributed by atoms with Gasteiger partial charge in [0.15, 0.2) is 0 Å². The van der Waals surface area contributed by atoms with Crippen LogP contribution < -0.4 is 15.5 Å². The molecule has 26 heavy (non-hydrogen) atoms. The van der Waals surface area contributed by atoms with Gasteiger partial charge in [-0.2, -0.15) is 4.31 Å². The minimum Gasteiger partial charge on any atom is -0.354 e. The van der Waals surface area contributed by atoms with Gasteiger partial charge in [0.2, 0.25) is 0 Å². The summed E-state index contributed by atoms with van der Waals surface area (Å²) in [4.78, 5) is 35.3. The van der Waals surface area contributed by atoms with Crippen LogP contribution in [0.2, 0.25) is 0 Å². The summed E-state index contributed by atoms with van der Waals surface area (Å²) in [6.07, 6.45) is 3.43. The van der Waals surface area contributed by atoms with E-state index >= 15 is 0 Å². The summed E-state index contributed by atoms with van der Waals surface area (Å²) in [5.74, 6) is 0.594. The Morgan fingerprint density at radius 2 is 2.19 bits per heavy atom. The zero-order chi connectivity index (χ0) is 18.5. The van der Waals surface area contributed by atoms with Crippen LogP contribution in [0, 0.1) is 0 Å². The number of hydrogen-bond donors (Lipinski definition) is 2. The fourth-order valence-corrected chi connectivity index (χ4v) is 3.66. The molecule has 1 aromatic heterocycles. The van der Waals surface area contributed by atoms with Crippen LogP contribution in [0.25, 0.3) is 0 Å². The summed E-state index contributed by atoms with van der Waals surface area (Å²) in [6, 6.07) is 3.45. The largest absolute Gasteiger partial charge is 0.354 e. The summed E-state index contributed by atoms with van der Waals surface area (Å²) in [7, 11) is 1.60. The average Bonchev–Trinajstić information content (AvgIpc) is 3.02. The molecule has 0 unspecified atom stereocenters. The number of aromatic nitrogens is 1. The van der Waals surface area contributed by atoms with Crippen molar-refractivity contribution in [2.75, 3.05) is 38.1 Å². The van der Waals surface area contributed by atoms with Crippen molar-refractivity contribution >= 4 is 34.7 Å². The molecule has 0 spiro atoms. The highest BCUT2D eigenvalue weighted by molar-refractivity contribution is 8.14. The van der Waals surface area contributed by atoms with E-state index in [-0.39, 0.29) is 5.91 Å². The molecule has 2 aliphatic heterocycles. The van der Waals surface area contributed by atoms with Gasteiger partial charge >= 0.3 is 6.03 Å². The van der Waals surface area contributed by atoms with Crippen molar-refractivity contribution in [3.8, 4) is 0 Å². The molecular formula is C17H22N6O2S. The summed E-state index contributed by atoms with van der Waals surface area (Å²) in [5, 5.41) is 6.62. The first-order valence-corrected chi connectivity index (χ1v) is 9.25. The number of piperazine rings is 1. The SMILES string of the molecule is C/C=C1/C(=O)N(C(=O)NCc2ccc(N3CCNCC3)nc2)SC1=NC. The first-order valence-electron chi connectivity index (χ1n) is 8.48. The molecule has 2 aliphatic rings. The number of pyridine rings is 1. The molecule has 3 amide bonds. The highest BCUT2D eigenvalue weighted by Crippen LogP contribution is 2.29. The van der Waals surface area contributed by atoms with Gasteiger partial charge in [-0.3, -0.25) is 9.79 Å². The summed E-state index contributed by atoms with van der Waals surface area (Å²) in [5.41, 5.74) is 1.33. The molecule has 0 atom stereocenters. The van der Waals surface area contributed by atoms with Crippen molar-refractivity contribution in [1.82, 2.24) is 19.9 Å². The minimum absolute atomic E-state index is 0.307. The third-order valence-electron chi connectivity index (χ3n) is 4.19. The van der Waals surface area contributed by atoms with Crippen molar-refractivity contribution in [2.45, 2.75) is 13.5 Å². The van der Waals surface area contributed by atoms with Crippen LogP contribution in [-0.2, 0) is 11.3 Å². The fourth-order valence-electron chi connectivity index (χ4n) is 2.77. The number of nitrogens with zero attached hydrogens (tertiary/aromatic N) is 4. The van der Waals surface area contributed by atoms with E-state index in [0.29, 0.717) is 17.2 Å². The van der Waals surface area contributed by atoms with E-state index in [2.05, 4.69) is 25.5 Å². The number of rotatable bonds is 3. The van der Waals surface area contributed by atoms with Crippen molar-refractivity contribution in [3.05, 3.63) is 35.5 Å². The molecule has 8 nitrogen and oxygen atoms in total. The third-order valence-corrected chi connectivity index (χ3v) is 5.28. The van der Waals surface area contributed by atoms with Gasteiger partial charge in [0.25, 0.3) is 5.91 Å². The molecule has 0 aromatic carbocycles. The highest BCUT2D eigenvalue weighted by Gasteiger charge is 2.36. The van der Waals surface area contributed by atoms with Crippen molar-refractivity contribution in [1.29, 1.82) is 0 Å². The smallest absolute Gasteiger partial charge is 0.335 e. The van der Waals surface area contributed by atoms with Crippen LogP contribution in [0.1, 0.15) is 12.5 Å². The molecule has 2 saturated heterocycles. The predicted molar refractivity (Wildman–Crippen MR) is 103 cm³/mol. The van der Waals surface area contributed by atoms with Gasteiger partial charge in [0.1, 0.15) is 10.9 Å². The Morgan fingerprint density at radius 3 is 2.77 bits per heavy atom. The highest BCUT2D eigenvalue weighted by atomic mass is 32.2. The van der Waals surface area contributed by atoms with Gasteiger partial charge in [-0.25, -0.2) is 9.78 Å². The number of carbonyl (C=O) groups is 2. The number of urea groups is 1. The van der Waals surface area contributed by atoms with Gasteiger partial charge in [0.05, 0.1) is 5.57 Å². The lowest BCUT2D eigenvalue weighted by atomic mass is 10.2. The Morgan fingerprint density at radius 1 is 1.42 bits per heavy atom. The van der Waals surface area contributed by atoms with Crippen molar-refractivity contribution in [2.24, 2.45) is 4.99 Å². The Kier molecular flexibility index (Phi) is 5.89. The van der Waals surface area contributed by atoms with E-state index in [1.807, 2.05) is 12.1 Å². The second-order valence-electron chi connectivity index (χ2n) is 5.84. The van der Waals surface area contributed by atoms with Gasteiger partial charge in [0, 0.05) is 57.9 Å². The maximum absolute atomic E-state index is 12.3. The number of nitrogens with one attached hydrogen (secondary N) is 2. The maximum Gasteiger partial charge on any atom is 0.335 e. The van der Waals surface area contributed by atoms with Crippen LogP contribution in [0.4, 0.5) is 10.6 Å². The minimum atomic E-state index is -0.454. The molecular weight excluding hydrogens is 352 g/mol. The lowest BCUT2D eigenvalue weighted by Crippen LogP contribution is -2.43. The maximum atomic E-state index is 12.3. The normalized spacial score (nSPS) is 20.9. The van der Waals surface area contributed by atoms with E-state index in [1.54, 1.807) is 26.2 Å².